The lowest BCUT2D eigenvalue weighted by Crippen LogP contribution is -2.49. The van der Waals surface area contributed by atoms with Gasteiger partial charge in [0.1, 0.15) is 10.9 Å². The summed E-state index contributed by atoms with van der Waals surface area (Å²) in [4.78, 5) is 20.4. The fourth-order valence-electron chi connectivity index (χ4n) is 3.44. The summed E-state index contributed by atoms with van der Waals surface area (Å²) in [6.07, 6.45) is 2.26. The van der Waals surface area contributed by atoms with Crippen LogP contribution in [0.2, 0.25) is 10.2 Å². The smallest absolute Gasteiger partial charge is 0.182 e. The Labute approximate surface area is 172 Å². The predicted octanol–water partition coefficient (Wildman–Crippen LogP) is 3.27. The van der Waals surface area contributed by atoms with Crippen molar-refractivity contribution in [2.75, 3.05) is 38.2 Å². The van der Waals surface area contributed by atoms with Crippen molar-refractivity contribution in [2.45, 2.75) is 6.17 Å². The van der Waals surface area contributed by atoms with Crippen LogP contribution in [0.1, 0.15) is 6.17 Å². The summed E-state index contributed by atoms with van der Waals surface area (Å²) >= 11 is 12.0. The summed E-state index contributed by atoms with van der Waals surface area (Å²) in [6, 6.07) is 9.31. The summed E-state index contributed by atoms with van der Waals surface area (Å²) < 4.78 is 6.96. The minimum absolute atomic E-state index is 0.382. The summed E-state index contributed by atoms with van der Waals surface area (Å²) in [7, 11) is 1.60. The molecule has 1 fully saturated rings. The zero-order valence-electron chi connectivity index (χ0n) is 15.3. The first-order valence-electron chi connectivity index (χ1n) is 8.88. The summed E-state index contributed by atoms with van der Waals surface area (Å²) in [5.74, 6) is 0.654. The number of anilines is 1. The molecule has 7 nitrogen and oxygen atoms in total. The van der Waals surface area contributed by atoms with Crippen LogP contribution in [0.3, 0.4) is 0 Å². The lowest BCUT2D eigenvalue weighted by atomic mass is 10.2. The Hall–Kier alpha value is -2.35. The maximum atomic E-state index is 11.8. The Balaban J connectivity index is 1.49. The van der Waals surface area contributed by atoms with Gasteiger partial charge in [-0.15, -0.1) is 0 Å². The van der Waals surface area contributed by atoms with Crippen LogP contribution in [0.5, 0.6) is 5.75 Å². The van der Waals surface area contributed by atoms with E-state index in [0.717, 1.165) is 43.5 Å². The molecule has 0 bridgehead atoms. The number of carbonyl (C=O) groups excluding carboxylic acids is 1. The Morgan fingerprint density at radius 1 is 1.14 bits per heavy atom. The van der Waals surface area contributed by atoms with E-state index in [2.05, 4.69) is 19.9 Å². The molecule has 1 atom stereocenters. The van der Waals surface area contributed by atoms with Gasteiger partial charge in [0, 0.05) is 49.5 Å². The molecular weight excluding hydrogens is 401 g/mol. The number of ether oxygens (including phenoxy) is 1. The van der Waals surface area contributed by atoms with E-state index in [1.807, 2.05) is 30.5 Å². The van der Waals surface area contributed by atoms with Crippen molar-refractivity contribution in [2.24, 2.45) is 0 Å². The van der Waals surface area contributed by atoms with Crippen molar-refractivity contribution in [3.05, 3.63) is 46.7 Å². The number of halogens is 2. The fourth-order valence-corrected chi connectivity index (χ4v) is 3.78. The van der Waals surface area contributed by atoms with Crippen LogP contribution in [0, 0.1) is 0 Å². The average molecular weight is 420 g/mol. The Kier molecular flexibility index (Phi) is 5.39. The van der Waals surface area contributed by atoms with Crippen LogP contribution >= 0.6 is 23.2 Å². The van der Waals surface area contributed by atoms with Gasteiger partial charge in [-0.25, -0.2) is 9.67 Å². The maximum absolute atomic E-state index is 11.8. The van der Waals surface area contributed by atoms with Gasteiger partial charge < -0.3 is 9.64 Å². The number of fused-ring (bicyclic) bond motifs is 1. The molecule has 0 N–H and O–H groups in total. The minimum Gasteiger partial charge on any atom is -0.495 e. The van der Waals surface area contributed by atoms with E-state index >= 15 is 0 Å². The number of rotatable bonds is 5. The molecule has 9 heteroatoms. The van der Waals surface area contributed by atoms with Gasteiger partial charge in [-0.1, -0.05) is 23.2 Å². The second kappa shape index (κ2) is 7.95. The Bertz CT molecular complexity index is 1000. The molecule has 3 aromatic rings. The predicted molar refractivity (Wildman–Crippen MR) is 109 cm³/mol. The third-order valence-electron chi connectivity index (χ3n) is 4.93. The number of hydrogen-bond acceptors (Lipinski definition) is 6. The van der Waals surface area contributed by atoms with Crippen LogP contribution < -0.4 is 9.64 Å². The lowest BCUT2D eigenvalue weighted by Gasteiger charge is -2.38. The average Bonchev–Trinajstić information content (AvgIpc) is 3.12. The number of hydrogen-bond donors (Lipinski definition) is 0. The van der Waals surface area contributed by atoms with Gasteiger partial charge in [0.2, 0.25) is 0 Å². The number of pyridine rings is 1. The van der Waals surface area contributed by atoms with Crippen LogP contribution in [0.25, 0.3) is 11.0 Å². The number of piperazine rings is 1. The van der Waals surface area contributed by atoms with Gasteiger partial charge in [0.25, 0.3) is 0 Å². The largest absolute Gasteiger partial charge is 0.495 e. The molecule has 28 heavy (non-hydrogen) atoms. The van der Waals surface area contributed by atoms with Gasteiger partial charge in [0.05, 0.1) is 12.1 Å². The van der Waals surface area contributed by atoms with E-state index in [4.69, 9.17) is 27.9 Å². The molecule has 0 saturated carbocycles. The second-order valence-electron chi connectivity index (χ2n) is 6.55. The molecule has 1 saturated heterocycles. The van der Waals surface area contributed by atoms with Gasteiger partial charge >= 0.3 is 0 Å². The van der Waals surface area contributed by atoms with E-state index in [0.29, 0.717) is 21.6 Å². The number of nitrogens with zero attached hydrogens (tertiary/aromatic N) is 5. The summed E-state index contributed by atoms with van der Waals surface area (Å²) in [5.41, 5.74) is 1.58. The summed E-state index contributed by atoms with van der Waals surface area (Å²) in [5, 5.41) is 6.25. The number of carbonyl (C=O) groups is 1. The molecule has 3 heterocycles. The SMILES string of the molecule is COc1cc(N2CCN(C(C=O)n3cc4ccc(Cl)nc4n3)CC2)ccc1Cl. The molecule has 0 aliphatic carbocycles. The van der Waals surface area contributed by atoms with Crippen LogP contribution in [0.15, 0.2) is 36.5 Å². The Morgan fingerprint density at radius 3 is 2.64 bits per heavy atom. The van der Waals surface area contributed by atoms with E-state index in [1.165, 1.54) is 0 Å². The van der Waals surface area contributed by atoms with Gasteiger partial charge in [-0.05, 0) is 24.3 Å². The fraction of sp³-hybridized carbons (Fsp3) is 0.316. The van der Waals surface area contributed by atoms with E-state index in [-0.39, 0.29) is 0 Å². The molecule has 0 spiro atoms. The number of methoxy groups -OCH3 is 1. The first-order valence-corrected chi connectivity index (χ1v) is 9.64. The van der Waals surface area contributed by atoms with E-state index < -0.39 is 6.17 Å². The van der Waals surface area contributed by atoms with Crippen molar-refractivity contribution in [3.63, 3.8) is 0 Å². The highest BCUT2D eigenvalue weighted by Gasteiger charge is 2.26. The Morgan fingerprint density at radius 2 is 1.93 bits per heavy atom. The monoisotopic (exact) mass is 419 g/mol. The van der Waals surface area contributed by atoms with E-state index in [9.17, 15) is 4.79 Å². The molecule has 1 aliphatic heterocycles. The van der Waals surface area contributed by atoms with Gasteiger partial charge in [0.15, 0.2) is 18.1 Å². The lowest BCUT2D eigenvalue weighted by molar-refractivity contribution is -0.115. The van der Waals surface area contributed by atoms with E-state index in [1.54, 1.807) is 17.9 Å². The zero-order chi connectivity index (χ0) is 19.7. The molecule has 2 aromatic heterocycles. The highest BCUT2D eigenvalue weighted by Crippen LogP contribution is 2.30. The maximum Gasteiger partial charge on any atom is 0.182 e. The first kappa shape index (κ1) is 19.0. The second-order valence-corrected chi connectivity index (χ2v) is 7.34. The van der Waals surface area contributed by atoms with Crippen molar-refractivity contribution in [1.82, 2.24) is 19.7 Å². The van der Waals surface area contributed by atoms with Crippen LogP contribution in [0.4, 0.5) is 5.69 Å². The molecular formula is C19H19Cl2N5O2. The number of benzene rings is 1. The third kappa shape index (κ3) is 3.65. The number of aldehydes is 1. The topological polar surface area (TPSA) is 63.5 Å². The molecule has 1 unspecified atom stereocenters. The first-order chi connectivity index (χ1) is 13.6. The molecule has 1 aromatic carbocycles. The van der Waals surface area contributed by atoms with Gasteiger partial charge in [-0.3, -0.25) is 9.69 Å². The van der Waals surface area contributed by atoms with Crippen LogP contribution in [-0.2, 0) is 4.79 Å². The number of aromatic nitrogens is 3. The van der Waals surface area contributed by atoms with Crippen molar-refractivity contribution < 1.29 is 9.53 Å². The molecule has 0 radical (unpaired) electrons. The quantitative estimate of drug-likeness (QED) is 0.467. The van der Waals surface area contributed by atoms with Crippen molar-refractivity contribution >= 4 is 46.2 Å². The normalized spacial score (nSPS) is 16.3. The highest BCUT2D eigenvalue weighted by atomic mass is 35.5. The molecule has 146 valence electrons. The third-order valence-corrected chi connectivity index (χ3v) is 5.46. The van der Waals surface area contributed by atoms with Crippen molar-refractivity contribution in [1.29, 1.82) is 0 Å². The standard InChI is InChI=1S/C19H19Cl2N5O2/c1-28-16-10-14(3-4-15(16)20)24-6-8-25(9-7-24)18(12-27)26-11-13-2-5-17(21)22-19(13)23-26/h2-5,10-12,18H,6-9H2,1H3. The molecule has 1 aliphatic rings. The highest BCUT2D eigenvalue weighted by molar-refractivity contribution is 6.32. The molecule has 0 amide bonds. The molecule has 4 rings (SSSR count). The zero-order valence-corrected chi connectivity index (χ0v) is 16.8. The van der Waals surface area contributed by atoms with Gasteiger partial charge in [-0.2, -0.15) is 5.10 Å². The summed E-state index contributed by atoms with van der Waals surface area (Å²) in [6.45, 7) is 3.00. The van der Waals surface area contributed by atoms with Crippen LogP contribution in [-0.4, -0.2) is 59.2 Å². The minimum atomic E-state index is -0.477. The van der Waals surface area contributed by atoms with Crippen molar-refractivity contribution in [3.8, 4) is 5.75 Å².